The van der Waals surface area contributed by atoms with E-state index >= 15 is 0 Å². The van der Waals surface area contributed by atoms with Gasteiger partial charge in [0, 0.05) is 0 Å². The number of esters is 1. The molecular formula is C11H12N4O3S. The van der Waals surface area contributed by atoms with Crippen molar-refractivity contribution in [1.29, 1.82) is 0 Å². The summed E-state index contributed by atoms with van der Waals surface area (Å²) in [6.45, 7) is 5.70. The highest BCUT2D eigenvalue weighted by atomic mass is 32.2. The Labute approximate surface area is 113 Å². The van der Waals surface area contributed by atoms with E-state index in [4.69, 9.17) is 9.15 Å². The summed E-state index contributed by atoms with van der Waals surface area (Å²) in [7, 11) is 0. The van der Waals surface area contributed by atoms with Crippen molar-refractivity contribution in [3.05, 3.63) is 23.5 Å². The van der Waals surface area contributed by atoms with Gasteiger partial charge in [-0.15, -0.1) is 5.10 Å². The second kappa shape index (κ2) is 5.79. The Balaban J connectivity index is 2.11. The summed E-state index contributed by atoms with van der Waals surface area (Å²) in [4.78, 5) is 19.8. The molecule has 2 rings (SSSR count). The Morgan fingerprint density at radius 3 is 2.84 bits per heavy atom. The molecule has 2 aromatic heterocycles. The van der Waals surface area contributed by atoms with E-state index < -0.39 is 5.97 Å². The topological polar surface area (TPSA) is 91.0 Å². The van der Waals surface area contributed by atoms with E-state index in [1.54, 1.807) is 13.1 Å². The highest BCUT2D eigenvalue weighted by molar-refractivity contribution is 7.99. The maximum atomic E-state index is 11.4. The SMILES string of the molecule is CCOC(=O)c1nnc(Sc2cnc(C)c(C)n2)o1. The molecule has 0 aliphatic carbocycles. The Morgan fingerprint density at radius 1 is 1.37 bits per heavy atom. The molecule has 2 aromatic rings. The van der Waals surface area contributed by atoms with Gasteiger partial charge in [0.2, 0.25) is 0 Å². The average molecular weight is 280 g/mol. The summed E-state index contributed by atoms with van der Waals surface area (Å²) in [6.07, 6.45) is 1.61. The monoisotopic (exact) mass is 280 g/mol. The first-order chi connectivity index (χ1) is 9.10. The summed E-state index contributed by atoms with van der Waals surface area (Å²) < 4.78 is 9.92. The van der Waals surface area contributed by atoms with E-state index in [-0.39, 0.29) is 17.7 Å². The fourth-order valence-corrected chi connectivity index (χ4v) is 1.85. The zero-order chi connectivity index (χ0) is 13.8. The summed E-state index contributed by atoms with van der Waals surface area (Å²) in [5.74, 6) is -0.797. The third-order valence-electron chi connectivity index (χ3n) is 2.22. The summed E-state index contributed by atoms with van der Waals surface area (Å²) in [6, 6.07) is 0. The lowest BCUT2D eigenvalue weighted by molar-refractivity contribution is 0.0475. The molecule has 2 heterocycles. The molecule has 0 atom stereocenters. The van der Waals surface area contributed by atoms with Gasteiger partial charge in [-0.3, -0.25) is 4.98 Å². The Bertz CT molecular complexity index is 599. The molecule has 7 nitrogen and oxygen atoms in total. The van der Waals surface area contributed by atoms with Crippen LogP contribution in [0.3, 0.4) is 0 Å². The van der Waals surface area contributed by atoms with Crippen LogP contribution in [0.5, 0.6) is 0 Å². The van der Waals surface area contributed by atoms with Crippen LogP contribution in [0.15, 0.2) is 20.9 Å². The second-order valence-electron chi connectivity index (χ2n) is 3.57. The van der Waals surface area contributed by atoms with Crippen LogP contribution < -0.4 is 0 Å². The first kappa shape index (κ1) is 13.5. The van der Waals surface area contributed by atoms with Gasteiger partial charge in [-0.2, -0.15) is 0 Å². The molecule has 0 N–H and O–H groups in total. The molecule has 0 amide bonds. The zero-order valence-electron chi connectivity index (χ0n) is 10.7. The molecule has 8 heteroatoms. The minimum Gasteiger partial charge on any atom is -0.459 e. The van der Waals surface area contributed by atoms with Crippen molar-refractivity contribution in [3.63, 3.8) is 0 Å². The summed E-state index contributed by atoms with van der Waals surface area (Å²) in [5, 5.41) is 8.21. The number of hydrogen-bond acceptors (Lipinski definition) is 8. The predicted octanol–water partition coefficient (Wildman–Crippen LogP) is 1.80. The molecule has 0 fully saturated rings. The lowest BCUT2D eigenvalue weighted by atomic mass is 10.4. The van der Waals surface area contributed by atoms with Crippen molar-refractivity contribution in [2.24, 2.45) is 0 Å². The van der Waals surface area contributed by atoms with Crippen molar-refractivity contribution in [3.8, 4) is 0 Å². The highest BCUT2D eigenvalue weighted by Gasteiger charge is 2.17. The lowest BCUT2D eigenvalue weighted by Crippen LogP contribution is -2.04. The quantitative estimate of drug-likeness (QED) is 0.783. The van der Waals surface area contributed by atoms with Gasteiger partial charge in [-0.25, -0.2) is 9.78 Å². The van der Waals surface area contributed by atoms with Crippen LogP contribution in [-0.2, 0) is 4.74 Å². The molecule has 0 radical (unpaired) electrons. The number of hydrogen-bond donors (Lipinski definition) is 0. The third kappa shape index (κ3) is 3.28. The first-order valence-corrected chi connectivity index (χ1v) is 6.40. The van der Waals surface area contributed by atoms with E-state index in [0.717, 1.165) is 23.1 Å². The molecule has 0 spiro atoms. The second-order valence-corrected chi connectivity index (χ2v) is 4.55. The third-order valence-corrected chi connectivity index (χ3v) is 2.96. The Hall–Kier alpha value is -1.96. The number of rotatable bonds is 4. The Kier molecular flexibility index (Phi) is 4.10. The molecule has 0 unspecified atom stereocenters. The van der Waals surface area contributed by atoms with E-state index in [9.17, 15) is 4.79 Å². The average Bonchev–Trinajstić information content (AvgIpc) is 2.83. The first-order valence-electron chi connectivity index (χ1n) is 5.59. The molecule has 0 aliphatic heterocycles. The van der Waals surface area contributed by atoms with Crippen molar-refractivity contribution < 1.29 is 13.9 Å². The number of aryl methyl sites for hydroxylation is 2. The van der Waals surface area contributed by atoms with E-state index in [2.05, 4.69) is 20.2 Å². The van der Waals surface area contributed by atoms with Gasteiger partial charge < -0.3 is 9.15 Å². The van der Waals surface area contributed by atoms with Crippen LogP contribution in [0.2, 0.25) is 0 Å². The summed E-state index contributed by atoms with van der Waals surface area (Å²) in [5.41, 5.74) is 1.69. The number of carbonyl (C=O) groups is 1. The highest BCUT2D eigenvalue weighted by Crippen LogP contribution is 2.24. The van der Waals surface area contributed by atoms with Crippen molar-refractivity contribution >= 4 is 17.7 Å². The van der Waals surface area contributed by atoms with Gasteiger partial charge in [0.05, 0.1) is 24.2 Å². The van der Waals surface area contributed by atoms with Crippen molar-refractivity contribution in [2.75, 3.05) is 6.61 Å². The van der Waals surface area contributed by atoms with Gasteiger partial charge in [0.25, 0.3) is 5.22 Å². The van der Waals surface area contributed by atoms with E-state index in [1.807, 2.05) is 13.8 Å². The fourth-order valence-electron chi connectivity index (χ4n) is 1.19. The Morgan fingerprint density at radius 2 is 2.16 bits per heavy atom. The normalized spacial score (nSPS) is 10.5. The minimum atomic E-state index is -0.631. The summed E-state index contributed by atoms with van der Waals surface area (Å²) >= 11 is 1.15. The number of aromatic nitrogens is 4. The van der Waals surface area contributed by atoms with Crippen LogP contribution in [0.25, 0.3) is 0 Å². The molecule has 19 heavy (non-hydrogen) atoms. The number of nitrogens with zero attached hydrogens (tertiary/aromatic N) is 4. The molecule has 0 saturated carbocycles. The molecule has 0 bridgehead atoms. The maximum Gasteiger partial charge on any atom is 0.396 e. The van der Waals surface area contributed by atoms with Gasteiger partial charge in [-0.05, 0) is 32.5 Å². The van der Waals surface area contributed by atoms with Crippen LogP contribution >= 0.6 is 11.8 Å². The molecule has 0 saturated heterocycles. The standard InChI is InChI=1S/C11H12N4O3S/c1-4-17-10(16)9-14-15-11(18-9)19-8-5-12-6(2)7(3)13-8/h5H,4H2,1-3H3. The predicted molar refractivity (Wildman–Crippen MR) is 65.9 cm³/mol. The maximum absolute atomic E-state index is 11.4. The lowest BCUT2D eigenvalue weighted by Gasteiger charge is -1.99. The van der Waals surface area contributed by atoms with Gasteiger partial charge in [0.15, 0.2) is 0 Å². The smallest absolute Gasteiger partial charge is 0.396 e. The van der Waals surface area contributed by atoms with E-state index in [0.29, 0.717) is 5.03 Å². The molecule has 100 valence electrons. The van der Waals surface area contributed by atoms with E-state index in [1.165, 1.54) is 0 Å². The van der Waals surface area contributed by atoms with Crippen LogP contribution in [-0.4, -0.2) is 32.7 Å². The number of ether oxygens (including phenoxy) is 1. The largest absolute Gasteiger partial charge is 0.459 e. The van der Waals surface area contributed by atoms with Crippen molar-refractivity contribution in [1.82, 2.24) is 20.2 Å². The zero-order valence-corrected chi connectivity index (χ0v) is 11.5. The molecule has 0 aliphatic rings. The van der Waals surface area contributed by atoms with Gasteiger partial charge >= 0.3 is 11.9 Å². The van der Waals surface area contributed by atoms with Gasteiger partial charge in [-0.1, -0.05) is 5.10 Å². The van der Waals surface area contributed by atoms with Crippen LogP contribution in [0.4, 0.5) is 0 Å². The van der Waals surface area contributed by atoms with Crippen molar-refractivity contribution in [2.45, 2.75) is 31.0 Å². The van der Waals surface area contributed by atoms with Crippen LogP contribution in [0, 0.1) is 13.8 Å². The molecular weight excluding hydrogens is 268 g/mol. The fraction of sp³-hybridized carbons (Fsp3) is 0.364. The van der Waals surface area contributed by atoms with Crippen LogP contribution in [0.1, 0.15) is 29.0 Å². The molecule has 0 aromatic carbocycles. The van der Waals surface area contributed by atoms with Gasteiger partial charge in [0.1, 0.15) is 5.03 Å². The number of carbonyl (C=O) groups excluding carboxylic acids is 1. The minimum absolute atomic E-state index is 0.166.